The van der Waals surface area contributed by atoms with Crippen LogP contribution in [0.25, 0.3) is 0 Å². The van der Waals surface area contributed by atoms with Crippen molar-refractivity contribution in [2.24, 2.45) is 5.41 Å². The standard InChI is InChI=1S/C12H14Br2O2/c1-12(2)6-15-11(16-7-12)8-3-9(13)5-10(14)4-8/h3-5,11H,6-7H2,1-2H3. The molecule has 0 unspecified atom stereocenters. The number of hydrogen-bond donors (Lipinski definition) is 0. The Bertz CT molecular complexity index is 360. The van der Waals surface area contributed by atoms with Crippen LogP contribution in [0.2, 0.25) is 0 Å². The summed E-state index contributed by atoms with van der Waals surface area (Å²) in [5.74, 6) is 0. The number of rotatable bonds is 1. The predicted molar refractivity (Wildman–Crippen MR) is 70.3 cm³/mol. The van der Waals surface area contributed by atoms with Gasteiger partial charge in [-0.2, -0.15) is 0 Å². The van der Waals surface area contributed by atoms with Crippen LogP contribution < -0.4 is 0 Å². The fourth-order valence-corrected chi connectivity index (χ4v) is 2.93. The molecule has 0 aliphatic carbocycles. The van der Waals surface area contributed by atoms with Crippen LogP contribution in [0.4, 0.5) is 0 Å². The van der Waals surface area contributed by atoms with Crippen LogP contribution in [-0.2, 0) is 9.47 Å². The van der Waals surface area contributed by atoms with Crippen molar-refractivity contribution in [2.45, 2.75) is 20.1 Å². The maximum Gasteiger partial charge on any atom is 0.183 e. The van der Waals surface area contributed by atoms with Gasteiger partial charge in [-0.15, -0.1) is 0 Å². The molecule has 4 heteroatoms. The van der Waals surface area contributed by atoms with Crippen molar-refractivity contribution >= 4 is 31.9 Å². The normalized spacial score (nSPS) is 21.0. The predicted octanol–water partition coefficient (Wildman–Crippen LogP) is 4.28. The zero-order valence-corrected chi connectivity index (χ0v) is 12.5. The quantitative estimate of drug-likeness (QED) is 0.753. The van der Waals surface area contributed by atoms with Crippen LogP contribution in [0.3, 0.4) is 0 Å². The summed E-state index contributed by atoms with van der Waals surface area (Å²) in [5.41, 5.74) is 1.15. The van der Waals surface area contributed by atoms with E-state index in [2.05, 4.69) is 45.7 Å². The maximum absolute atomic E-state index is 5.73. The SMILES string of the molecule is CC1(C)COC(c2cc(Br)cc(Br)c2)OC1. The third-order valence-corrected chi connectivity index (χ3v) is 3.32. The minimum Gasteiger partial charge on any atom is -0.348 e. The Morgan fingerprint density at radius 3 is 2.06 bits per heavy atom. The Labute approximate surface area is 113 Å². The molecule has 0 bridgehead atoms. The van der Waals surface area contributed by atoms with Gasteiger partial charge in [0.15, 0.2) is 6.29 Å². The first-order valence-electron chi connectivity index (χ1n) is 5.15. The largest absolute Gasteiger partial charge is 0.348 e. The highest BCUT2D eigenvalue weighted by atomic mass is 79.9. The third kappa shape index (κ3) is 3.06. The van der Waals surface area contributed by atoms with Crippen molar-refractivity contribution in [3.05, 3.63) is 32.7 Å². The highest BCUT2D eigenvalue weighted by molar-refractivity contribution is 9.11. The molecule has 1 aliphatic heterocycles. The maximum atomic E-state index is 5.73. The van der Waals surface area contributed by atoms with Crippen molar-refractivity contribution in [3.8, 4) is 0 Å². The monoisotopic (exact) mass is 348 g/mol. The van der Waals surface area contributed by atoms with Gasteiger partial charge in [0.2, 0.25) is 0 Å². The number of ether oxygens (including phenoxy) is 2. The molecule has 88 valence electrons. The molecule has 2 nitrogen and oxygen atoms in total. The molecular formula is C12H14Br2O2. The number of halogens is 2. The van der Waals surface area contributed by atoms with Gasteiger partial charge in [-0.05, 0) is 18.2 Å². The molecule has 1 aromatic rings. The highest BCUT2D eigenvalue weighted by Crippen LogP contribution is 2.33. The molecule has 16 heavy (non-hydrogen) atoms. The zero-order chi connectivity index (χ0) is 11.8. The molecule has 1 aliphatic rings. The first-order valence-corrected chi connectivity index (χ1v) is 6.74. The van der Waals surface area contributed by atoms with Crippen molar-refractivity contribution in [2.75, 3.05) is 13.2 Å². The Kier molecular flexibility index (Phi) is 3.74. The lowest BCUT2D eigenvalue weighted by atomic mass is 9.95. The van der Waals surface area contributed by atoms with E-state index in [1.807, 2.05) is 18.2 Å². The molecular weight excluding hydrogens is 336 g/mol. The average Bonchev–Trinajstić information content (AvgIpc) is 2.15. The Balaban J connectivity index is 2.14. The summed E-state index contributed by atoms with van der Waals surface area (Å²) in [6.45, 7) is 5.73. The van der Waals surface area contributed by atoms with Crippen LogP contribution in [0, 0.1) is 5.41 Å². The van der Waals surface area contributed by atoms with Gasteiger partial charge in [0, 0.05) is 19.9 Å². The fourth-order valence-electron chi connectivity index (χ4n) is 1.60. The van der Waals surface area contributed by atoms with Gasteiger partial charge in [0.1, 0.15) is 0 Å². The molecule has 1 heterocycles. The number of benzene rings is 1. The second-order valence-corrected chi connectivity index (χ2v) is 6.65. The molecule has 0 saturated carbocycles. The summed E-state index contributed by atoms with van der Waals surface area (Å²) in [7, 11) is 0. The molecule has 0 aromatic heterocycles. The second-order valence-electron chi connectivity index (χ2n) is 4.82. The van der Waals surface area contributed by atoms with Crippen molar-refractivity contribution < 1.29 is 9.47 Å². The van der Waals surface area contributed by atoms with Crippen LogP contribution in [0.1, 0.15) is 25.7 Å². The minimum absolute atomic E-state index is 0.111. The van der Waals surface area contributed by atoms with Crippen LogP contribution >= 0.6 is 31.9 Å². The second kappa shape index (κ2) is 4.77. The van der Waals surface area contributed by atoms with E-state index >= 15 is 0 Å². The zero-order valence-electron chi connectivity index (χ0n) is 9.30. The van der Waals surface area contributed by atoms with E-state index in [9.17, 15) is 0 Å². The molecule has 0 radical (unpaired) electrons. The highest BCUT2D eigenvalue weighted by Gasteiger charge is 2.29. The molecule has 0 spiro atoms. The van der Waals surface area contributed by atoms with E-state index in [1.165, 1.54) is 0 Å². The number of hydrogen-bond acceptors (Lipinski definition) is 2. The Hall–Kier alpha value is 0.1000. The molecule has 0 atom stereocenters. The Morgan fingerprint density at radius 2 is 1.56 bits per heavy atom. The van der Waals surface area contributed by atoms with Crippen LogP contribution in [-0.4, -0.2) is 13.2 Å². The van der Waals surface area contributed by atoms with Gasteiger partial charge >= 0.3 is 0 Å². The van der Waals surface area contributed by atoms with Gasteiger partial charge in [-0.25, -0.2) is 0 Å². The Morgan fingerprint density at radius 1 is 1.06 bits per heavy atom. The van der Waals surface area contributed by atoms with Crippen molar-refractivity contribution in [1.82, 2.24) is 0 Å². The smallest absolute Gasteiger partial charge is 0.183 e. The summed E-state index contributed by atoms with van der Waals surface area (Å²) in [6, 6.07) is 6.04. The first-order chi connectivity index (χ1) is 7.46. The minimum atomic E-state index is -0.248. The fraction of sp³-hybridized carbons (Fsp3) is 0.500. The summed E-state index contributed by atoms with van der Waals surface area (Å²) in [6.07, 6.45) is -0.248. The summed E-state index contributed by atoms with van der Waals surface area (Å²) in [4.78, 5) is 0. The molecule has 2 rings (SSSR count). The molecule has 1 aromatic carbocycles. The lowest BCUT2D eigenvalue weighted by Crippen LogP contribution is -2.33. The van der Waals surface area contributed by atoms with E-state index in [-0.39, 0.29) is 11.7 Å². The van der Waals surface area contributed by atoms with E-state index in [1.54, 1.807) is 0 Å². The van der Waals surface area contributed by atoms with Crippen LogP contribution in [0.15, 0.2) is 27.1 Å². The lowest BCUT2D eigenvalue weighted by molar-refractivity contribution is -0.226. The van der Waals surface area contributed by atoms with Gasteiger partial charge in [0.05, 0.1) is 13.2 Å². The summed E-state index contributed by atoms with van der Waals surface area (Å²) >= 11 is 6.92. The summed E-state index contributed by atoms with van der Waals surface area (Å²) in [5, 5.41) is 0. The van der Waals surface area contributed by atoms with E-state index in [4.69, 9.17) is 9.47 Å². The summed E-state index contributed by atoms with van der Waals surface area (Å²) < 4.78 is 13.5. The van der Waals surface area contributed by atoms with E-state index in [0.717, 1.165) is 27.7 Å². The molecule has 1 fully saturated rings. The van der Waals surface area contributed by atoms with Crippen LogP contribution in [0.5, 0.6) is 0 Å². The lowest BCUT2D eigenvalue weighted by Gasteiger charge is -2.34. The molecule has 0 amide bonds. The van der Waals surface area contributed by atoms with Gasteiger partial charge in [-0.1, -0.05) is 45.7 Å². The van der Waals surface area contributed by atoms with Gasteiger partial charge in [0.25, 0.3) is 0 Å². The van der Waals surface area contributed by atoms with Crippen molar-refractivity contribution in [3.63, 3.8) is 0 Å². The first kappa shape index (κ1) is 12.6. The molecule has 1 saturated heterocycles. The third-order valence-electron chi connectivity index (χ3n) is 2.41. The van der Waals surface area contributed by atoms with E-state index < -0.39 is 0 Å². The van der Waals surface area contributed by atoms with E-state index in [0.29, 0.717) is 0 Å². The molecule has 0 N–H and O–H groups in total. The van der Waals surface area contributed by atoms with Gasteiger partial charge in [-0.3, -0.25) is 0 Å². The average molecular weight is 350 g/mol. The van der Waals surface area contributed by atoms with Crippen molar-refractivity contribution in [1.29, 1.82) is 0 Å². The van der Waals surface area contributed by atoms with Gasteiger partial charge < -0.3 is 9.47 Å². The topological polar surface area (TPSA) is 18.5 Å².